The van der Waals surface area contributed by atoms with Crippen molar-refractivity contribution in [3.63, 3.8) is 0 Å². The molecule has 2 aromatic rings. The van der Waals surface area contributed by atoms with Crippen molar-refractivity contribution in [1.29, 1.82) is 5.26 Å². The van der Waals surface area contributed by atoms with Crippen LogP contribution in [0.5, 0.6) is 0 Å². The molecule has 106 valence electrons. The second-order valence-corrected chi connectivity index (χ2v) is 5.00. The zero-order chi connectivity index (χ0) is 15.4. The molecule has 0 amide bonds. The molecule has 21 heavy (non-hydrogen) atoms. The molecule has 0 saturated carbocycles. The molecule has 0 aliphatic carbocycles. The van der Waals surface area contributed by atoms with Crippen molar-refractivity contribution in [2.45, 2.75) is 13.5 Å². The Bertz CT molecular complexity index is 716. The number of ketones is 1. The maximum atomic E-state index is 11.4. The minimum Gasteiger partial charge on any atom is -0.398 e. The number of nitrogen functional groups attached to an aromatic ring is 1. The highest BCUT2D eigenvalue weighted by atomic mass is 16.1. The van der Waals surface area contributed by atoms with Gasteiger partial charge in [-0.15, -0.1) is 0 Å². The highest BCUT2D eigenvalue weighted by Crippen LogP contribution is 2.22. The van der Waals surface area contributed by atoms with E-state index >= 15 is 0 Å². The van der Waals surface area contributed by atoms with Crippen molar-refractivity contribution in [3.8, 4) is 6.07 Å². The van der Waals surface area contributed by atoms with Gasteiger partial charge < -0.3 is 10.6 Å². The zero-order valence-electron chi connectivity index (χ0n) is 12.1. The fraction of sp³-hybridized carbons (Fsp3) is 0.176. The number of hydrogen-bond acceptors (Lipinski definition) is 4. The summed E-state index contributed by atoms with van der Waals surface area (Å²) in [7, 11) is 1.95. The third-order valence-corrected chi connectivity index (χ3v) is 3.33. The Morgan fingerprint density at radius 2 is 2.05 bits per heavy atom. The third kappa shape index (κ3) is 3.40. The summed E-state index contributed by atoms with van der Waals surface area (Å²) in [6, 6.07) is 15.0. The average Bonchev–Trinajstić information content (AvgIpc) is 2.46. The van der Waals surface area contributed by atoms with Gasteiger partial charge in [0, 0.05) is 30.5 Å². The van der Waals surface area contributed by atoms with Crippen molar-refractivity contribution < 1.29 is 4.79 Å². The maximum absolute atomic E-state index is 11.4. The highest BCUT2D eigenvalue weighted by molar-refractivity contribution is 5.99. The smallest absolute Gasteiger partial charge is 0.161 e. The van der Waals surface area contributed by atoms with Gasteiger partial charge in [-0.3, -0.25) is 4.79 Å². The average molecular weight is 279 g/mol. The van der Waals surface area contributed by atoms with Crippen LogP contribution in [0.2, 0.25) is 0 Å². The van der Waals surface area contributed by atoms with Gasteiger partial charge in [0.25, 0.3) is 0 Å². The van der Waals surface area contributed by atoms with Crippen molar-refractivity contribution in [1.82, 2.24) is 0 Å². The zero-order valence-corrected chi connectivity index (χ0v) is 12.1. The monoisotopic (exact) mass is 279 g/mol. The summed E-state index contributed by atoms with van der Waals surface area (Å²) in [5.74, 6) is -0.0385. The van der Waals surface area contributed by atoms with Gasteiger partial charge in [0.1, 0.15) is 0 Å². The van der Waals surface area contributed by atoms with E-state index in [1.165, 1.54) is 6.92 Å². The lowest BCUT2D eigenvalue weighted by molar-refractivity contribution is 0.101. The first kappa shape index (κ1) is 14.6. The molecule has 2 aromatic carbocycles. The molecule has 0 bridgehead atoms. The Hall–Kier alpha value is -2.80. The number of nitrogens with two attached hydrogens (primary N) is 1. The van der Waals surface area contributed by atoms with Crippen molar-refractivity contribution in [2.24, 2.45) is 0 Å². The van der Waals surface area contributed by atoms with E-state index in [0.717, 1.165) is 11.3 Å². The van der Waals surface area contributed by atoms with E-state index in [0.29, 0.717) is 23.4 Å². The van der Waals surface area contributed by atoms with Crippen LogP contribution in [0.3, 0.4) is 0 Å². The van der Waals surface area contributed by atoms with Crippen LogP contribution in [0.1, 0.15) is 28.4 Å². The Morgan fingerprint density at radius 1 is 1.29 bits per heavy atom. The number of benzene rings is 2. The number of nitrogens with zero attached hydrogens (tertiary/aromatic N) is 2. The summed E-state index contributed by atoms with van der Waals surface area (Å²) in [6.07, 6.45) is 0. The number of Topliss-reactive ketones (excluding diaryl/α,β-unsaturated/α-hetero) is 1. The van der Waals surface area contributed by atoms with Crippen molar-refractivity contribution >= 4 is 17.2 Å². The Kier molecular flexibility index (Phi) is 4.24. The van der Waals surface area contributed by atoms with E-state index in [4.69, 9.17) is 11.0 Å². The summed E-state index contributed by atoms with van der Waals surface area (Å²) in [5, 5.41) is 8.92. The molecule has 0 fully saturated rings. The first-order chi connectivity index (χ1) is 10.0. The maximum Gasteiger partial charge on any atom is 0.161 e. The van der Waals surface area contributed by atoms with E-state index in [9.17, 15) is 4.79 Å². The molecular weight excluding hydrogens is 262 g/mol. The van der Waals surface area contributed by atoms with E-state index in [2.05, 4.69) is 6.07 Å². The van der Waals surface area contributed by atoms with E-state index < -0.39 is 0 Å². The lowest BCUT2D eigenvalue weighted by atomic mass is 10.1. The Balaban J connectivity index is 2.20. The Labute approximate surface area is 124 Å². The molecule has 0 spiro atoms. The first-order valence-corrected chi connectivity index (χ1v) is 6.62. The third-order valence-electron chi connectivity index (χ3n) is 3.33. The van der Waals surface area contributed by atoms with Crippen molar-refractivity contribution in [2.75, 3.05) is 17.7 Å². The first-order valence-electron chi connectivity index (χ1n) is 6.62. The number of hydrogen-bond donors (Lipinski definition) is 1. The normalized spacial score (nSPS) is 9.95. The van der Waals surface area contributed by atoms with Crippen LogP contribution < -0.4 is 10.6 Å². The van der Waals surface area contributed by atoms with Crippen molar-refractivity contribution in [3.05, 3.63) is 59.2 Å². The summed E-state index contributed by atoms with van der Waals surface area (Å²) < 4.78 is 0. The lowest BCUT2D eigenvalue weighted by Crippen LogP contribution is -2.17. The molecule has 0 saturated heterocycles. The topological polar surface area (TPSA) is 70.1 Å². The van der Waals surface area contributed by atoms with Crippen LogP contribution in [0.15, 0.2) is 42.5 Å². The van der Waals surface area contributed by atoms with Crippen LogP contribution in [0.25, 0.3) is 0 Å². The molecule has 0 radical (unpaired) electrons. The second-order valence-electron chi connectivity index (χ2n) is 5.00. The molecule has 0 heterocycles. The van der Waals surface area contributed by atoms with Gasteiger partial charge >= 0.3 is 0 Å². The highest BCUT2D eigenvalue weighted by Gasteiger charge is 2.08. The summed E-state index contributed by atoms with van der Waals surface area (Å²) in [4.78, 5) is 13.4. The van der Waals surface area contributed by atoms with Gasteiger partial charge in [-0.05, 0) is 42.8 Å². The molecule has 0 unspecified atom stereocenters. The van der Waals surface area contributed by atoms with E-state index in [1.807, 2.05) is 36.2 Å². The van der Waals surface area contributed by atoms with E-state index in [1.54, 1.807) is 18.2 Å². The fourth-order valence-corrected chi connectivity index (χ4v) is 2.21. The van der Waals surface area contributed by atoms with Crippen LogP contribution in [0, 0.1) is 11.3 Å². The molecule has 2 N–H and O–H groups in total. The molecule has 0 atom stereocenters. The molecule has 0 aromatic heterocycles. The quantitative estimate of drug-likeness (QED) is 0.690. The van der Waals surface area contributed by atoms with Gasteiger partial charge in [0.2, 0.25) is 0 Å². The molecule has 2 rings (SSSR count). The van der Waals surface area contributed by atoms with Crippen LogP contribution in [0.4, 0.5) is 11.4 Å². The largest absolute Gasteiger partial charge is 0.398 e. The minimum atomic E-state index is -0.0385. The van der Waals surface area contributed by atoms with E-state index in [-0.39, 0.29) is 5.78 Å². The predicted octanol–water partition coefficient (Wildman–Crippen LogP) is 2.98. The predicted molar refractivity (Wildman–Crippen MR) is 84.1 cm³/mol. The molecule has 4 nitrogen and oxygen atoms in total. The SMILES string of the molecule is CC(=O)c1ccc(N(C)Cc2cccc(C#N)c2)cc1N. The number of carbonyl (C=O) groups is 1. The molecule has 4 heteroatoms. The molecule has 0 aliphatic rings. The lowest BCUT2D eigenvalue weighted by Gasteiger charge is -2.20. The molecule has 0 aliphatic heterocycles. The fourth-order valence-electron chi connectivity index (χ4n) is 2.21. The Morgan fingerprint density at radius 3 is 2.67 bits per heavy atom. The van der Waals surface area contributed by atoms with Crippen LogP contribution in [-0.4, -0.2) is 12.8 Å². The van der Waals surface area contributed by atoms with Gasteiger partial charge in [0.05, 0.1) is 11.6 Å². The number of carbonyl (C=O) groups excluding carboxylic acids is 1. The van der Waals surface area contributed by atoms with Gasteiger partial charge in [-0.1, -0.05) is 12.1 Å². The van der Waals surface area contributed by atoms with Gasteiger partial charge in [0.15, 0.2) is 5.78 Å². The summed E-state index contributed by atoms with van der Waals surface area (Å²) >= 11 is 0. The number of rotatable bonds is 4. The van der Waals surface area contributed by atoms with Gasteiger partial charge in [-0.2, -0.15) is 5.26 Å². The number of anilines is 2. The summed E-state index contributed by atoms with van der Waals surface area (Å²) in [5.41, 5.74) is 9.56. The van der Waals surface area contributed by atoms with Crippen LogP contribution in [-0.2, 0) is 6.54 Å². The van der Waals surface area contributed by atoms with Crippen LogP contribution >= 0.6 is 0 Å². The minimum absolute atomic E-state index is 0.0385. The molecular formula is C17H17N3O. The number of nitriles is 1. The van der Waals surface area contributed by atoms with Gasteiger partial charge in [-0.25, -0.2) is 0 Å². The summed E-state index contributed by atoms with van der Waals surface area (Å²) in [6.45, 7) is 2.16. The second kappa shape index (κ2) is 6.10. The standard InChI is InChI=1S/C17H17N3O/c1-12(21)16-7-6-15(9-17(16)19)20(2)11-14-5-3-4-13(8-14)10-18/h3-9H,11,19H2,1-2H3.